The first-order valence-electron chi connectivity index (χ1n) is 5.55. The Morgan fingerprint density at radius 3 is 2.76 bits per heavy atom. The molecule has 1 atom stereocenters. The third-order valence-electron chi connectivity index (χ3n) is 2.04. The highest BCUT2D eigenvalue weighted by Gasteiger charge is 2.08. The quantitative estimate of drug-likeness (QED) is 0.725. The van der Waals surface area contributed by atoms with Crippen molar-refractivity contribution >= 4 is 11.9 Å². The topological polar surface area (TPSA) is 95.2 Å². The van der Waals surface area contributed by atoms with Crippen molar-refractivity contribution in [1.82, 2.24) is 15.0 Å². The van der Waals surface area contributed by atoms with Gasteiger partial charge in [0, 0.05) is 19.8 Å². The van der Waals surface area contributed by atoms with Gasteiger partial charge in [-0.05, 0) is 20.3 Å². The summed E-state index contributed by atoms with van der Waals surface area (Å²) in [6.45, 7) is 5.03. The molecule has 0 aromatic carbocycles. The van der Waals surface area contributed by atoms with Crippen molar-refractivity contribution < 1.29 is 9.47 Å². The molecule has 7 heteroatoms. The standard InChI is InChI=1S/C10H19N5O2/c1-4-17-10-14-8(11)13-9(15-10)12-7(2)5-6-16-3/h7H,4-6H2,1-3H3,(H3,11,12,13,14,15). The van der Waals surface area contributed by atoms with Crippen LogP contribution in [0.25, 0.3) is 0 Å². The number of ether oxygens (including phenoxy) is 2. The van der Waals surface area contributed by atoms with E-state index in [-0.39, 0.29) is 18.0 Å². The molecule has 7 nitrogen and oxygen atoms in total. The normalized spacial score (nSPS) is 12.2. The Labute approximate surface area is 101 Å². The third-order valence-corrected chi connectivity index (χ3v) is 2.04. The summed E-state index contributed by atoms with van der Waals surface area (Å²) >= 11 is 0. The number of hydrogen-bond donors (Lipinski definition) is 2. The van der Waals surface area contributed by atoms with Gasteiger partial charge in [0.2, 0.25) is 11.9 Å². The maximum atomic E-state index is 5.56. The summed E-state index contributed by atoms with van der Waals surface area (Å²) in [5.74, 6) is 0.564. The zero-order valence-corrected chi connectivity index (χ0v) is 10.4. The lowest BCUT2D eigenvalue weighted by Crippen LogP contribution is -2.20. The van der Waals surface area contributed by atoms with Gasteiger partial charge >= 0.3 is 6.01 Å². The minimum atomic E-state index is 0.143. The van der Waals surface area contributed by atoms with Crippen LogP contribution in [0.4, 0.5) is 11.9 Å². The van der Waals surface area contributed by atoms with Gasteiger partial charge in [0.25, 0.3) is 0 Å². The lowest BCUT2D eigenvalue weighted by molar-refractivity contribution is 0.191. The molecule has 3 N–H and O–H groups in total. The maximum absolute atomic E-state index is 5.56. The fourth-order valence-electron chi connectivity index (χ4n) is 1.22. The molecule has 0 aliphatic carbocycles. The molecule has 1 unspecified atom stereocenters. The lowest BCUT2D eigenvalue weighted by Gasteiger charge is -2.13. The molecular formula is C10H19N5O2. The Balaban J connectivity index is 2.63. The zero-order valence-electron chi connectivity index (χ0n) is 10.4. The molecule has 0 amide bonds. The van der Waals surface area contributed by atoms with Gasteiger partial charge < -0.3 is 20.5 Å². The highest BCUT2D eigenvalue weighted by molar-refractivity contribution is 5.33. The molecule has 0 bridgehead atoms. The second-order valence-corrected chi connectivity index (χ2v) is 3.56. The Morgan fingerprint density at radius 2 is 2.12 bits per heavy atom. The fourth-order valence-corrected chi connectivity index (χ4v) is 1.22. The molecule has 0 aliphatic rings. The number of nitrogens with two attached hydrogens (primary N) is 1. The first kappa shape index (κ1) is 13.4. The van der Waals surface area contributed by atoms with Crippen LogP contribution in [0.3, 0.4) is 0 Å². The van der Waals surface area contributed by atoms with Crippen LogP contribution in [0.2, 0.25) is 0 Å². The molecule has 0 saturated heterocycles. The third kappa shape index (κ3) is 4.81. The molecular weight excluding hydrogens is 222 g/mol. The summed E-state index contributed by atoms with van der Waals surface area (Å²) in [6.07, 6.45) is 0.853. The van der Waals surface area contributed by atoms with Crippen molar-refractivity contribution in [3.8, 4) is 6.01 Å². The first-order chi connectivity index (χ1) is 8.15. The number of rotatable bonds is 7. The molecule has 0 spiro atoms. The summed E-state index contributed by atoms with van der Waals surface area (Å²) in [5.41, 5.74) is 5.56. The van der Waals surface area contributed by atoms with E-state index in [9.17, 15) is 0 Å². The predicted octanol–water partition coefficient (Wildman–Crippen LogP) is 0.689. The molecule has 1 aromatic rings. The van der Waals surface area contributed by atoms with Gasteiger partial charge in [0.05, 0.1) is 6.61 Å². The Bertz CT molecular complexity index is 347. The largest absolute Gasteiger partial charge is 0.464 e. The average molecular weight is 241 g/mol. The molecule has 17 heavy (non-hydrogen) atoms. The number of nitrogen functional groups attached to an aromatic ring is 1. The summed E-state index contributed by atoms with van der Waals surface area (Å²) in [4.78, 5) is 11.9. The van der Waals surface area contributed by atoms with Crippen LogP contribution >= 0.6 is 0 Å². The van der Waals surface area contributed by atoms with Crippen molar-refractivity contribution in [3.05, 3.63) is 0 Å². The number of nitrogens with zero attached hydrogens (tertiary/aromatic N) is 3. The van der Waals surface area contributed by atoms with Crippen LogP contribution in [0.1, 0.15) is 20.3 Å². The monoisotopic (exact) mass is 241 g/mol. The van der Waals surface area contributed by atoms with E-state index in [1.807, 2.05) is 13.8 Å². The summed E-state index contributed by atoms with van der Waals surface area (Å²) < 4.78 is 10.2. The Morgan fingerprint density at radius 1 is 1.35 bits per heavy atom. The van der Waals surface area contributed by atoms with E-state index in [0.717, 1.165) is 6.42 Å². The van der Waals surface area contributed by atoms with Crippen molar-refractivity contribution in [1.29, 1.82) is 0 Å². The Hall–Kier alpha value is -1.63. The zero-order chi connectivity index (χ0) is 12.7. The van der Waals surface area contributed by atoms with Crippen LogP contribution < -0.4 is 15.8 Å². The van der Waals surface area contributed by atoms with Crippen LogP contribution in [0.5, 0.6) is 6.01 Å². The van der Waals surface area contributed by atoms with E-state index in [0.29, 0.717) is 19.2 Å². The first-order valence-corrected chi connectivity index (χ1v) is 5.55. The summed E-state index contributed by atoms with van der Waals surface area (Å²) in [7, 11) is 1.67. The van der Waals surface area contributed by atoms with Crippen LogP contribution in [-0.4, -0.2) is 41.3 Å². The van der Waals surface area contributed by atoms with Gasteiger partial charge in [0.1, 0.15) is 0 Å². The minimum Gasteiger partial charge on any atom is -0.464 e. The molecule has 0 aliphatic heterocycles. The van der Waals surface area contributed by atoms with Gasteiger partial charge in [-0.15, -0.1) is 0 Å². The van der Waals surface area contributed by atoms with Gasteiger partial charge in [0.15, 0.2) is 0 Å². The number of anilines is 2. The summed E-state index contributed by atoms with van der Waals surface area (Å²) in [6, 6.07) is 0.424. The SMILES string of the molecule is CCOc1nc(N)nc(NC(C)CCOC)n1. The van der Waals surface area contributed by atoms with E-state index in [1.54, 1.807) is 7.11 Å². The minimum absolute atomic E-state index is 0.143. The molecule has 96 valence electrons. The number of aromatic nitrogens is 3. The number of nitrogens with one attached hydrogen (secondary N) is 1. The lowest BCUT2D eigenvalue weighted by atomic mass is 10.2. The molecule has 1 aromatic heterocycles. The van der Waals surface area contributed by atoms with Crippen LogP contribution in [0, 0.1) is 0 Å². The van der Waals surface area contributed by atoms with E-state index in [2.05, 4.69) is 20.3 Å². The molecule has 0 radical (unpaired) electrons. The van der Waals surface area contributed by atoms with Crippen LogP contribution in [0.15, 0.2) is 0 Å². The predicted molar refractivity (Wildman–Crippen MR) is 65.0 cm³/mol. The highest BCUT2D eigenvalue weighted by atomic mass is 16.5. The van der Waals surface area contributed by atoms with Gasteiger partial charge in [-0.25, -0.2) is 0 Å². The maximum Gasteiger partial charge on any atom is 0.323 e. The van der Waals surface area contributed by atoms with Crippen molar-refractivity contribution in [3.63, 3.8) is 0 Å². The second-order valence-electron chi connectivity index (χ2n) is 3.56. The van der Waals surface area contributed by atoms with Crippen molar-refractivity contribution in [2.45, 2.75) is 26.3 Å². The van der Waals surface area contributed by atoms with Gasteiger partial charge in [-0.1, -0.05) is 0 Å². The number of hydrogen-bond acceptors (Lipinski definition) is 7. The summed E-state index contributed by atoms with van der Waals surface area (Å²) in [5, 5.41) is 3.11. The fraction of sp³-hybridized carbons (Fsp3) is 0.700. The van der Waals surface area contributed by atoms with E-state index in [4.69, 9.17) is 15.2 Å². The van der Waals surface area contributed by atoms with Crippen molar-refractivity contribution in [2.75, 3.05) is 31.4 Å². The molecule has 0 saturated carbocycles. The van der Waals surface area contributed by atoms with Gasteiger partial charge in [-0.3, -0.25) is 0 Å². The second kappa shape index (κ2) is 6.85. The van der Waals surface area contributed by atoms with E-state index < -0.39 is 0 Å². The van der Waals surface area contributed by atoms with Crippen molar-refractivity contribution in [2.24, 2.45) is 0 Å². The smallest absolute Gasteiger partial charge is 0.323 e. The van der Waals surface area contributed by atoms with E-state index >= 15 is 0 Å². The number of methoxy groups -OCH3 is 1. The highest BCUT2D eigenvalue weighted by Crippen LogP contribution is 2.10. The van der Waals surface area contributed by atoms with Crippen LogP contribution in [-0.2, 0) is 4.74 Å². The average Bonchev–Trinajstić information content (AvgIpc) is 2.26. The molecule has 1 heterocycles. The molecule has 0 fully saturated rings. The molecule has 1 rings (SSSR count). The Kier molecular flexibility index (Phi) is 5.41. The van der Waals surface area contributed by atoms with E-state index in [1.165, 1.54) is 0 Å². The van der Waals surface area contributed by atoms with Gasteiger partial charge in [-0.2, -0.15) is 15.0 Å².